The molecule has 0 aliphatic carbocycles. The molecular formula is C14H21N3O. The molecule has 0 aromatic heterocycles. The Morgan fingerprint density at radius 1 is 1.33 bits per heavy atom. The number of rotatable bonds is 4. The molecule has 2 rings (SSSR count). The molecule has 1 aliphatic heterocycles. The number of ether oxygens (including phenoxy) is 1. The zero-order chi connectivity index (χ0) is 13.1. The van der Waals surface area contributed by atoms with Crippen LogP contribution in [0.4, 0.5) is 0 Å². The summed E-state index contributed by atoms with van der Waals surface area (Å²) in [5, 5.41) is 1.63. The highest BCUT2D eigenvalue weighted by atomic mass is 16.5. The first-order valence-electron chi connectivity index (χ1n) is 6.26. The molecule has 0 amide bonds. The van der Waals surface area contributed by atoms with Gasteiger partial charge in [-0.05, 0) is 17.0 Å². The van der Waals surface area contributed by atoms with Crippen LogP contribution in [0.5, 0.6) is 0 Å². The topological polar surface area (TPSA) is 64.5 Å². The molecule has 98 valence electrons. The van der Waals surface area contributed by atoms with E-state index >= 15 is 0 Å². The zero-order valence-corrected chi connectivity index (χ0v) is 11.0. The van der Waals surface area contributed by atoms with E-state index in [0.29, 0.717) is 24.8 Å². The Bertz CT molecular complexity index is 421. The van der Waals surface area contributed by atoms with E-state index in [4.69, 9.17) is 16.3 Å². The van der Waals surface area contributed by atoms with E-state index in [1.807, 2.05) is 12.1 Å². The van der Waals surface area contributed by atoms with E-state index in [1.165, 1.54) is 5.56 Å². The first-order chi connectivity index (χ1) is 8.58. The van der Waals surface area contributed by atoms with Crippen molar-refractivity contribution in [3.63, 3.8) is 0 Å². The van der Waals surface area contributed by atoms with Gasteiger partial charge in [-0.3, -0.25) is 0 Å². The van der Waals surface area contributed by atoms with Crippen LogP contribution in [0.2, 0.25) is 0 Å². The third kappa shape index (κ3) is 2.83. The summed E-state index contributed by atoms with van der Waals surface area (Å²) in [5.74, 6) is 6.42. The summed E-state index contributed by atoms with van der Waals surface area (Å²) in [6, 6.07) is 8.53. The van der Waals surface area contributed by atoms with E-state index < -0.39 is 0 Å². The molecule has 4 nitrogen and oxygen atoms in total. The maximum Gasteiger partial charge on any atom is 0.0913 e. The fraction of sp³-hybridized carbons (Fsp3) is 0.429. The van der Waals surface area contributed by atoms with Gasteiger partial charge in [0, 0.05) is 6.20 Å². The van der Waals surface area contributed by atoms with Gasteiger partial charge in [-0.1, -0.05) is 38.1 Å². The van der Waals surface area contributed by atoms with Gasteiger partial charge in [-0.2, -0.15) is 0 Å². The second kappa shape index (κ2) is 5.42. The van der Waals surface area contributed by atoms with Crippen LogP contribution < -0.4 is 11.6 Å². The molecule has 0 unspecified atom stereocenters. The highest BCUT2D eigenvalue weighted by Crippen LogP contribution is 2.18. The van der Waals surface area contributed by atoms with Gasteiger partial charge < -0.3 is 15.5 Å². The summed E-state index contributed by atoms with van der Waals surface area (Å²) in [5.41, 5.74) is 9.02. The molecule has 18 heavy (non-hydrogen) atoms. The van der Waals surface area contributed by atoms with E-state index in [-0.39, 0.29) is 6.04 Å². The van der Waals surface area contributed by atoms with E-state index in [2.05, 4.69) is 26.0 Å². The number of hydrazine groups is 1. The summed E-state index contributed by atoms with van der Waals surface area (Å²) >= 11 is 0. The SMILES string of the molecule is CC(C)c1ccc(/C(N)=C/N(N)C2COC2)cc1. The summed E-state index contributed by atoms with van der Waals surface area (Å²) in [6.07, 6.45) is 1.78. The normalized spacial score (nSPS) is 16.8. The van der Waals surface area contributed by atoms with Gasteiger partial charge >= 0.3 is 0 Å². The average molecular weight is 247 g/mol. The van der Waals surface area contributed by atoms with Crippen LogP contribution in [0.3, 0.4) is 0 Å². The van der Waals surface area contributed by atoms with Crippen LogP contribution in [0, 0.1) is 0 Å². The number of benzene rings is 1. The molecule has 0 bridgehead atoms. The van der Waals surface area contributed by atoms with Crippen molar-refractivity contribution in [2.45, 2.75) is 25.8 Å². The molecule has 0 spiro atoms. The second-order valence-electron chi connectivity index (χ2n) is 5.00. The number of nitrogens with zero attached hydrogens (tertiary/aromatic N) is 1. The number of hydrogen-bond donors (Lipinski definition) is 2. The van der Waals surface area contributed by atoms with Crippen molar-refractivity contribution in [3.05, 3.63) is 41.6 Å². The minimum atomic E-state index is 0.249. The van der Waals surface area contributed by atoms with Crippen molar-refractivity contribution in [1.82, 2.24) is 5.01 Å². The molecule has 0 atom stereocenters. The smallest absolute Gasteiger partial charge is 0.0913 e. The van der Waals surface area contributed by atoms with Crippen molar-refractivity contribution >= 4 is 5.70 Å². The van der Waals surface area contributed by atoms with Gasteiger partial charge in [0.15, 0.2) is 0 Å². The lowest BCUT2D eigenvalue weighted by Gasteiger charge is -2.33. The Morgan fingerprint density at radius 2 is 1.94 bits per heavy atom. The molecule has 4 N–H and O–H groups in total. The lowest BCUT2D eigenvalue weighted by molar-refractivity contribution is -0.0489. The monoisotopic (exact) mass is 247 g/mol. The van der Waals surface area contributed by atoms with Crippen molar-refractivity contribution in [2.24, 2.45) is 11.6 Å². The van der Waals surface area contributed by atoms with E-state index in [1.54, 1.807) is 11.2 Å². The Balaban J connectivity index is 2.07. The third-order valence-corrected chi connectivity index (χ3v) is 3.24. The van der Waals surface area contributed by atoms with Gasteiger partial charge in [0.25, 0.3) is 0 Å². The number of hydrogen-bond acceptors (Lipinski definition) is 4. The second-order valence-corrected chi connectivity index (χ2v) is 5.00. The summed E-state index contributed by atoms with van der Waals surface area (Å²) < 4.78 is 5.09. The molecule has 1 fully saturated rings. The van der Waals surface area contributed by atoms with E-state index in [0.717, 1.165) is 5.56 Å². The Hall–Kier alpha value is -1.52. The zero-order valence-electron chi connectivity index (χ0n) is 11.0. The lowest BCUT2D eigenvalue weighted by Crippen LogP contribution is -2.50. The van der Waals surface area contributed by atoms with Crippen molar-refractivity contribution in [1.29, 1.82) is 0 Å². The van der Waals surface area contributed by atoms with Crippen LogP contribution in [0.1, 0.15) is 30.9 Å². The standard InChI is InChI=1S/C14H21N3O/c1-10(2)11-3-5-12(6-4-11)14(15)7-17(16)13-8-18-9-13/h3-7,10,13H,8-9,15-16H2,1-2H3/b14-7-. The van der Waals surface area contributed by atoms with Crippen LogP contribution in [0.25, 0.3) is 5.70 Å². The van der Waals surface area contributed by atoms with Crippen LogP contribution in [-0.4, -0.2) is 24.3 Å². The number of nitrogens with two attached hydrogens (primary N) is 2. The van der Waals surface area contributed by atoms with Gasteiger partial charge in [0.05, 0.1) is 25.0 Å². The fourth-order valence-corrected chi connectivity index (χ4v) is 1.80. The molecule has 1 heterocycles. The Labute approximate surface area is 108 Å². The van der Waals surface area contributed by atoms with Gasteiger partial charge in [0.1, 0.15) is 0 Å². The fourth-order valence-electron chi connectivity index (χ4n) is 1.80. The molecule has 1 aromatic rings. The molecule has 4 heteroatoms. The third-order valence-electron chi connectivity index (χ3n) is 3.24. The first kappa shape index (κ1) is 12.9. The summed E-state index contributed by atoms with van der Waals surface area (Å²) in [6.45, 7) is 5.69. The first-order valence-corrected chi connectivity index (χ1v) is 6.26. The average Bonchev–Trinajstić information content (AvgIpc) is 2.26. The maximum atomic E-state index is 6.04. The van der Waals surface area contributed by atoms with Gasteiger partial charge in [-0.15, -0.1) is 0 Å². The molecule has 1 aliphatic rings. The quantitative estimate of drug-likeness (QED) is 0.627. The largest absolute Gasteiger partial charge is 0.397 e. The summed E-state index contributed by atoms with van der Waals surface area (Å²) in [4.78, 5) is 0. The van der Waals surface area contributed by atoms with Crippen molar-refractivity contribution in [2.75, 3.05) is 13.2 Å². The Kier molecular flexibility index (Phi) is 3.89. The minimum Gasteiger partial charge on any atom is -0.397 e. The van der Waals surface area contributed by atoms with Crippen molar-refractivity contribution in [3.8, 4) is 0 Å². The van der Waals surface area contributed by atoms with Crippen molar-refractivity contribution < 1.29 is 4.74 Å². The molecule has 0 radical (unpaired) electrons. The minimum absolute atomic E-state index is 0.249. The summed E-state index contributed by atoms with van der Waals surface area (Å²) in [7, 11) is 0. The predicted molar refractivity (Wildman–Crippen MR) is 73.3 cm³/mol. The van der Waals surface area contributed by atoms with Gasteiger partial charge in [0.2, 0.25) is 0 Å². The predicted octanol–water partition coefficient (Wildman–Crippen LogP) is 1.64. The van der Waals surface area contributed by atoms with E-state index in [9.17, 15) is 0 Å². The molecule has 1 aromatic carbocycles. The molecule has 1 saturated heterocycles. The van der Waals surface area contributed by atoms with Crippen LogP contribution >= 0.6 is 0 Å². The van der Waals surface area contributed by atoms with Crippen LogP contribution in [0.15, 0.2) is 30.5 Å². The Morgan fingerprint density at radius 3 is 2.39 bits per heavy atom. The highest BCUT2D eigenvalue weighted by molar-refractivity contribution is 5.62. The van der Waals surface area contributed by atoms with Crippen LogP contribution in [-0.2, 0) is 4.74 Å². The van der Waals surface area contributed by atoms with Gasteiger partial charge in [-0.25, -0.2) is 5.84 Å². The maximum absolute atomic E-state index is 6.04. The lowest BCUT2D eigenvalue weighted by atomic mass is 10.0. The highest BCUT2D eigenvalue weighted by Gasteiger charge is 2.22. The molecule has 0 saturated carbocycles. The molecular weight excluding hydrogens is 226 g/mol.